The Morgan fingerprint density at radius 1 is 0.680 bits per heavy atom. The quantitative estimate of drug-likeness (QED) is 0.123. The van der Waals surface area contributed by atoms with Crippen LogP contribution in [0.4, 0.5) is 0 Å². The van der Waals surface area contributed by atoms with Crippen LogP contribution in [-0.4, -0.2) is 109 Å². The lowest BCUT2D eigenvalue weighted by Gasteiger charge is -2.28. The summed E-state index contributed by atoms with van der Waals surface area (Å²) in [5, 5.41) is 28.3. The van der Waals surface area contributed by atoms with Crippen LogP contribution in [0.15, 0.2) is 30.3 Å². The third-order valence-electron chi connectivity index (χ3n) is 7.84. The van der Waals surface area contributed by atoms with Gasteiger partial charge in [-0.2, -0.15) is 0 Å². The molecule has 2 rings (SSSR count). The topological polar surface area (TPSA) is 276 Å². The van der Waals surface area contributed by atoms with Crippen LogP contribution in [0.2, 0.25) is 0 Å². The van der Waals surface area contributed by atoms with Crippen molar-refractivity contribution in [1.29, 1.82) is 0 Å². The smallest absolute Gasteiger partial charge is 0.245 e. The predicted molar refractivity (Wildman–Crippen MR) is 184 cm³/mol. The zero-order valence-corrected chi connectivity index (χ0v) is 29.0. The molecule has 0 aliphatic carbocycles. The first-order chi connectivity index (χ1) is 23.7. The highest BCUT2D eigenvalue weighted by molar-refractivity contribution is 5.97. The van der Waals surface area contributed by atoms with Crippen molar-refractivity contribution >= 4 is 41.4 Å². The first kappa shape index (κ1) is 41.6. The molecule has 0 spiro atoms. The van der Waals surface area contributed by atoms with E-state index in [4.69, 9.17) is 11.5 Å². The summed E-state index contributed by atoms with van der Waals surface area (Å²) in [6, 6.07) is 2.81. The fourth-order valence-electron chi connectivity index (χ4n) is 5.19. The lowest BCUT2D eigenvalue weighted by Crippen LogP contribution is -2.60. The second-order valence-electron chi connectivity index (χ2n) is 12.7. The summed E-state index contributed by atoms with van der Waals surface area (Å²) in [7, 11) is 0. The van der Waals surface area contributed by atoms with Crippen LogP contribution < -0.4 is 48.7 Å². The number of hydrogen-bond acceptors (Lipinski definition) is 10. The Kier molecular flexibility index (Phi) is 17.8. The second kappa shape index (κ2) is 21.5. The van der Waals surface area contributed by atoms with Crippen LogP contribution in [-0.2, 0) is 40.0 Å². The van der Waals surface area contributed by atoms with Gasteiger partial charge in [-0.25, -0.2) is 0 Å². The van der Waals surface area contributed by atoms with Crippen molar-refractivity contribution in [2.75, 3.05) is 26.2 Å². The Morgan fingerprint density at radius 2 is 1.22 bits per heavy atom. The van der Waals surface area contributed by atoms with Crippen LogP contribution in [0, 0.1) is 5.92 Å². The van der Waals surface area contributed by atoms with Crippen molar-refractivity contribution in [2.24, 2.45) is 17.4 Å². The Hall–Kier alpha value is -4.61. The monoisotopic (exact) mass is 703 g/mol. The van der Waals surface area contributed by atoms with Crippen LogP contribution >= 0.6 is 0 Å². The van der Waals surface area contributed by atoms with E-state index in [2.05, 4.69) is 37.2 Å². The van der Waals surface area contributed by atoms with E-state index in [0.29, 0.717) is 0 Å². The minimum absolute atomic E-state index is 0.0117. The molecule has 7 amide bonds. The van der Waals surface area contributed by atoms with E-state index < -0.39 is 84.2 Å². The average molecular weight is 704 g/mol. The van der Waals surface area contributed by atoms with Gasteiger partial charge in [0.1, 0.15) is 30.2 Å². The molecular formula is C33H53N9O8. The van der Waals surface area contributed by atoms with Crippen LogP contribution in [0.5, 0.6) is 0 Å². The Bertz CT molecular complexity index is 1310. The molecule has 17 heteroatoms. The molecule has 1 saturated heterocycles. The highest BCUT2D eigenvalue weighted by Gasteiger charge is 2.33. The van der Waals surface area contributed by atoms with Gasteiger partial charge in [-0.3, -0.25) is 33.6 Å². The zero-order valence-electron chi connectivity index (χ0n) is 29.0. The minimum Gasteiger partial charge on any atom is -0.391 e. The fraction of sp³-hybridized carbons (Fsp3) is 0.606. The van der Waals surface area contributed by atoms with E-state index >= 15 is 0 Å². The highest BCUT2D eigenvalue weighted by Crippen LogP contribution is 2.09. The maximum absolute atomic E-state index is 13.7. The molecular weight excluding hydrogens is 650 g/mol. The van der Waals surface area contributed by atoms with Gasteiger partial charge in [0.2, 0.25) is 41.4 Å². The lowest BCUT2D eigenvalue weighted by atomic mass is 10.0. The molecule has 0 radical (unpaired) electrons. The fourth-order valence-corrected chi connectivity index (χ4v) is 5.19. The SMILES string of the molecule is CC(C)C[C@@H]1NC(=O)[C@@H](Cc2ccccc2)NC(=O)CNC(=O)CCCNC(=O)C([C@@H](C)O)NC(=O)[C@H](CCN)NC(=O)[C@H](CCN)NC1=O. The summed E-state index contributed by atoms with van der Waals surface area (Å²) >= 11 is 0. The van der Waals surface area contributed by atoms with Crippen molar-refractivity contribution < 1.29 is 38.7 Å². The minimum atomic E-state index is -1.40. The summed E-state index contributed by atoms with van der Waals surface area (Å²) in [4.78, 5) is 92.2. The van der Waals surface area contributed by atoms with Gasteiger partial charge in [0.15, 0.2) is 0 Å². The van der Waals surface area contributed by atoms with E-state index in [9.17, 15) is 38.7 Å². The summed E-state index contributed by atoms with van der Waals surface area (Å²) < 4.78 is 0. The molecule has 0 aromatic heterocycles. The van der Waals surface area contributed by atoms with Gasteiger partial charge in [-0.1, -0.05) is 44.2 Å². The summed E-state index contributed by atoms with van der Waals surface area (Å²) in [5.74, 6) is -4.84. The number of carbonyl (C=O) groups excluding carboxylic acids is 7. The van der Waals surface area contributed by atoms with E-state index in [1.54, 1.807) is 30.3 Å². The second-order valence-corrected chi connectivity index (χ2v) is 12.7. The molecule has 1 fully saturated rings. The normalized spacial score (nSPS) is 24.9. The summed E-state index contributed by atoms with van der Waals surface area (Å²) in [6.07, 6.45) is -1.01. The standard InChI is InChI=1S/C33H53N9O8/c1-19(2)16-24-31(48)40-22(11-13-34)29(46)39-23(12-14-35)30(47)42-28(20(3)43)33(50)36-15-7-10-26(44)37-18-27(45)38-25(32(49)41-24)17-21-8-5-4-6-9-21/h4-6,8-9,19-20,22-25,28,43H,7,10-18,34-35H2,1-3H3,(H,36,50)(H,37,44)(H,38,45)(H,39,46)(H,40,48)(H,41,49)(H,42,47)/t20-,22+,23+,24+,25-,28?/m1/s1. The van der Waals surface area contributed by atoms with E-state index in [1.165, 1.54) is 6.92 Å². The van der Waals surface area contributed by atoms with Gasteiger partial charge in [-0.05, 0) is 57.2 Å². The van der Waals surface area contributed by atoms with Gasteiger partial charge < -0.3 is 53.8 Å². The Labute approximate surface area is 292 Å². The lowest BCUT2D eigenvalue weighted by molar-refractivity contribution is -0.136. The van der Waals surface area contributed by atoms with Crippen molar-refractivity contribution in [3.8, 4) is 0 Å². The van der Waals surface area contributed by atoms with Crippen LogP contribution in [0.3, 0.4) is 0 Å². The highest BCUT2D eigenvalue weighted by atomic mass is 16.3. The number of rotatable bonds is 9. The largest absolute Gasteiger partial charge is 0.391 e. The van der Waals surface area contributed by atoms with Crippen LogP contribution in [0.1, 0.15) is 58.4 Å². The van der Waals surface area contributed by atoms with Gasteiger partial charge in [0, 0.05) is 19.4 Å². The number of nitrogens with one attached hydrogen (secondary N) is 7. The molecule has 1 aromatic rings. The van der Waals surface area contributed by atoms with Gasteiger partial charge in [-0.15, -0.1) is 0 Å². The molecule has 1 aliphatic rings. The Balaban J connectivity index is 2.44. The zero-order chi connectivity index (χ0) is 37.2. The molecule has 1 unspecified atom stereocenters. The van der Waals surface area contributed by atoms with Gasteiger partial charge >= 0.3 is 0 Å². The Morgan fingerprint density at radius 3 is 1.78 bits per heavy atom. The predicted octanol–water partition coefficient (Wildman–Crippen LogP) is -3.20. The molecule has 50 heavy (non-hydrogen) atoms. The molecule has 6 atom stereocenters. The molecule has 17 nitrogen and oxygen atoms in total. The molecule has 0 bridgehead atoms. The number of hydrogen-bond donors (Lipinski definition) is 10. The molecule has 278 valence electrons. The number of nitrogens with two attached hydrogens (primary N) is 2. The van der Waals surface area contributed by atoms with Crippen molar-refractivity contribution in [3.63, 3.8) is 0 Å². The maximum atomic E-state index is 13.7. The number of aliphatic hydroxyl groups excluding tert-OH is 1. The van der Waals surface area contributed by atoms with E-state index in [-0.39, 0.29) is 64.1 Å². The van der Waals surface area contributed by atoms with Crippen molar-refractivity contribution in [2.45, 2.75) is 95.6 Å². The van der Waals surface area contributed by atoms with Crippen molar-refractivity contribution in [3.05, 3.63) is 35.9 Å². The number of aliphatic hydroxyl groups is 1. The number of benzene rings is 1. The molecule has 1 aromatic carbocycles. The van der Waals surface area contributed by atoms with E-state index in [0.717, 1.165) is 5.56 Å². The first-order valence-electron chi connectivity index (χ1n) is 16.9. The maximum Gasteiger partial charge on any atom is 0.245 e. The molecule has 1 heterocycles. The number of amides is 7. The number of carbonyl (C=O) groups is 7. The third-order valence-corrected chi connectivity index (χ3v) is 7.84. The first-order valence-corrected chi connectivity index (χ1v) is 16.9. The molecule has 0 saturated carbocycles. The van der Waals surface area contributed by atoms with Gasteiger partial charge in [0.05, 0.1) is 12.6 Å². The summed E-state index contributed by atoms with van der Waals surface area (Å²) in [6.45, 7) is 4.53. The third kappa shape index (κ3) is 14.5. The van der Waals surface area contributed by atoms with E-state index in [1.807, 2.05) is 13.8 Å². The molecule has 12 N–H and O–H groups in total. The summed E-state index contributed by atoms with van der Waals surface area (Å²) in [5.41, 5.74) is 12.2. The van der Waals surface area contributed by atoms with Crippen LogP contribution in [0.25, 0.3) is 0 Å². The van der Waals surface area contributed by atoms with Gasteiger partial charge in [0.25, 0.3) is 0 Å². The van der Waals surface area contributed by atoms with Crippen molar-refractivity contribution in [1.82, 2.24) is 37.2 Å². The average Bonchev–Trinajstić information content (AvgIpc) is 3.06. The molecule has 1 aliphatic heterocycles.